The second-order valence-corrected chi connectivity index (χ2v) is 5.33. The smallest absolute Gasteiger partial charge is 0.240 e. The minimum absolute atomic E-state index is 0.0470. The summed E-state index contributed by atoms with van der Waals surface area (Å²) in [6.07, 6.45) is 0. The van der Waals surface area contributed by atoms with Crippen LogP contribution in [0.5, 0.6) is 0 Å². The van der Waals surface area contributed by atoms with Crippen LogP contribution in [0, 0.1) is 0 Å². The Morgan fingerprint density at radius 2 is 2.33 bits per heavy atom. The van der Waals surface area contributed by atoms with Gasteiger partial charge >= 0.3 is 0 Å². The molecule has 1 fully saturated rings. The van der Waals surface area contributed by atoms with Gasteiger partial charge in [-0.25, -0.2) is 4.98 Å². The standard InChI is InChI=1S/C15H20N4O2/c1-10(17-15(20)12-9-21-8-7-16-12)14-18-11-5-3-4-6-13(11)19(14)2/h3-6,10,12,16H,7-9H2,1-2H3,(H,17,20)/t10-,12-/m1/s1. The van der Waals surface area contributed by atoms with Crippen LogP contribution in [0.4, 0.5) is 0 Å². The number of fused-ring (bicyclic) bond motifs is 1. The number of nitrogens with one attached hydrogen (secondary N) is 2. The van der Waals surface area contributed by atoms with Gasteiger partial charge in [0.1, 0.15) is 11.9 Å². The maximum atomic E-state index is 12.2. The lowest BCUT2D eigenvalue weighted by Gasteiger charge is -2.24. The number of aryl methyl sites for hydroxylation is 1. The number of morpholine rings is 1. The zero-order valence-corrected chi connectivity index (χ0v) is 12.3. The highest BCUT2D eigenvalue weighted by molar-refractivity contribution is 5.82. The highest BCUT2D eigenvalue weighted by Crippen LogP contribution is 2.19. The average Bonchev–Trinajstić information content (AvgIpc) is 2.86. The summed E-state index contributed by atoms with van der Waals surface area (Å²) in [4.78, 5) is 16.8. The number of nitrogens with zero attached hydrogens (tertiary/aromatic N) is 2. The molecule has 1 aliphatic rings. The molecule has 1 saturated heterocycles. The summed E-state index contributed by atoms with van der Waals surface area (Å²) >= 11 is 0. The molecule has 21 heavy (non-hydrogen) atoms. The Morgan fingerprint density at radius 3 is 3.05 bits per heavy atom. The maximum absolute atomic E-state index is 12.2. The molecule has 2 N–H and O–H groups in total. The van der Waals surface area contributed by atoms with Crippen LogP contribution in [0.25, 0.3) is 11.0 Å². The molecular formula is C15H20N4O2. The number of amides is 1. The largest absolute Gasteiger partial charge is 0.378 e. The first-order valence-corrected chi connectivity index (χ1v) is 7.19. The maximum Gasteiger partial charge on any atom is 0.240 e. The van der Waals surface area contributed by atoms with Gasteiger partial charge in [0.05, 0.1) is 30.3 Å². The predicted molar refractivity (Wildman–Crippen MR) is 79.9 cm³/mol. The average molecular weight is 288 g/mol. The van der Waals surface area contributed by atoms with Gasteiger partial charge in [-0.1, -0.05) is 12.1 Å². The first-order valence-electron chi connectivity index (χ1n) is 7.19. The van der Waals surface area contributed by atoms with E-state index in [1.54, 1.807) is 0 Å². The molecule has 1 aliphatic heterocycles. The van der Waals surface area contributed by atoms with Crippen molar-refractivity contribution >= 4 is 16.9 Å². The van der Waals surface area contributed by atoms with Crippen molar-refractivity contribution in [3.63, 3.8) is 0 Å². The summed E-state index contributed by atoms with van der Waals surface area (Å²) in [6, 6.07) is 7.52. The molecule has 0 saturated carbocycles. The van der Waals surface area contributed by atoms with Crippen molar-refractivity contribution in [2.75, 3.05) is 19.8 Å². The second kappa shape index (κ2) is 5.83. The molecule has 0 spiro atoms. The quantitative estimate of drug-likeness (QED) is 0.874. The molecule has 2 aromatic rings. The number of hydrogen-bond acceptors (Lipinski definition) is 4. The minimum atomic E-state index is -0.282. The molecule has 2 heterocycles. The molecule has 1 aromatic heterocycles. The van der Waals surface area contributed by atoms with E-state index >= 15 is 0 Å². The molecule has 6 nitrogen and oxygen atoms in total. The van der Waals surface area contributed by atoms with E-state index in [1.807, 2.05) is 42.8 Å². The van der Waals surface area contributed by atoms with E-state index in [1.165, 1.54) is 0 Å². The molecule has 0 bridgehead atoms. The molecule has 0 radical (unpaired) electrons. The van der Waals surface area contributed by atoms with Gasteiger partial charge in [-0.3, -0.25) is 4.79 Å². The van der Waals surface area contributed by atoms with E-state index in [4.69, 9.17) is 4.74 Å². The highest BCUT2D eigenvalue weighted by Gasteiger charge is 2.24. The van der Waals surface area contributed by atoms with Gasteiger partial charge in [0.15, 0.2) is 0 Å². The van der Waals surface area contributed by atoms with E-state index in [2.05, 4.69) is 15.6 Å². The third-order valence-electron chi connectivity index (χ3n) is 3.81. The van der Waals surface area contributed by atoms with Crippen LogP contribution in [0.2, 0.25) is 0 Å². The van der Waals surface area contributed by atoms with Crippen molar-refractivity contribution in [1.29, 1.82) is 0 Å². The number of imidazole rings is 1. The Morgan fingerprint density at radius 1 is 1.52 bits per heavy atom. The summed E-state index contributed by atoms with van der Waals surface area (Å²) in [6.45, 7) is 3.73. The van der Waals surface area contributed by atoms with Gasteiger partial charge in [-0.05, 0) is 19.1 Å². The zero-order chi connectivity index (χ0) is 14.8. The number of carbonyl (C=O) groups excluding carboxylic acids is 1. The molecule has 1 aromatic carbocycles. The number of aromatic nitrogens is 2. The van der Waals surface area contributed by atoms with Gasteiger partial charge < -0.3 is 19.9 Å². The first kappa shape index (κ1) is 14.0. The van der Waals surface area contributed by atoms with E-state index in [-0.39, 0.29) is 18.0 Å². The fraction of sp³-hybridized carbons (Fsp3) is 0.467. The van der Waals surface area contributed by atoms with Crippen molar-refractivity contribution in [3.8, 4) is 0 Å². The summed E-state index contributed by atoms with van der Waals surface area (Å²) in [5.41, 5.74) is 2.00. The number of carbonyl (C=O) groups is 1. The topological polar surface area (TPSA) is 68.2 Å². The molecule has 0 unspecified atom stereocenters. The summed E-state index contributed by atoms with van der Waals surface area (Å²) < 4.78 is 7.34. The molecular weight excluding hydrogens is 268 g/mol. The van der Waals surface area contributed by atoms with Crippen LogP contribution in [0.1, 0.15) is 18.8 Å². The second-order valence-electron chi connectivity index (χ2n) is 5.33. The number of hydrogen-bond donors (Lipinski definition) is 2. The van der Waals surface area contributed by atoms with Gasteiger partial charge in [-0.2, -0.15) is 0 Å². The molecule has 0 aliphatic carbocycles. The summed E-state index contributed by atoms with van der Waals surface area (Å²) in [5.74, 6) is 0.801. The van der Waals surface area contributed by atoms with Crippen LogP contribution in [-0.4, -0.2) is 41.3 Å². The molecule has 6 heteroatoms. The highest BCUT2D eigenvalue weighted by atomic mass is 16.5. The first-order chi connectivity index (χ1) is 10.2. The fourth-order valence-corrected chi connectivity index (χ4v) is 2.66. The van der Waals surface area contributed by atoms with Crippen molar-refractivity contribution in [3.05, 3.63) is 30.1 Å². The van der Waals surface area contributed by atoms with E-state index in [9.17, 15) is 4.79 Å². The fourth-order valence-electron chi connectivity index (χ4n) is 2.66. The number of ether oxygens (including phenoxy) is 1. The zero-order valence-electron chi connectivity index (χ0n) is 12.3. The van der Waals surface area contributed by atoms with Crippen LogP contribution in [-0.2, 0) is 16.6 Å². The predicted octanol–water partition coefficient (Wildman–Crippen LogP) is 0.739. The van der Waals surface area contributed by atoms with Crippen LogP contribution < -0.4 is 10.6 Å². The Labute approximate surface area is 123 Å². The minimum Gasteiger partial charge on any atom is -0.378 e. The van der Waals surface area contributed by atoms with Gasteiger partial charge in [-0.15, -0.1) is 0 Å². The Hall–Kier alpha value is -1.92. The van der Waals surface area contributed by atoms with Crippen LogP contribution in [0.3, 0.4) is 0 Å². The lowest BCUT2D eigenvalue weighted by atomic mass is 10.2. The number of rotatable bonds is 3. The van der Waals surface area contributed by atoms with Gasteiger partial charge in [0, 0.05) is 13.6 Å². The summed E-state index contributed by atoms with van der Waals surface area (Å²) in [5, 5.41) is 6.16. The Bertz CT molecular complexity index is 646. The van der Waals surface area contributed by atoms with Gasteiger partial charge in [0.25, 0.3) is 0 Å². The van der Waals surface area contributed by atoms with Crippen LogP contribution >= 0.6 is 0 Å². The lowest BCUT2D eigenvalue weighted by molar-refractivity contribution is -0.126. The SMILES string of the molecule is C[C@@H](NC(=O)[C@H]1COCCN1)c1nc2ccccc2n1C. The number of benzene rings is 1. The number of para-hydroxylation sites is 2. The molecule has 1 amide bonds. The molecule has 3 rings (SSSR count). The Balaban J connectivity index is 1.75. The third kappa shape index (κ3) is 2.77. The van der Waals surface area contributed by atoms with E-state index < -0.39 is 0 Å². The Kier molecular flexibility index (Phi) is 3.90. The monoisotopic (exact) mass is 288 g/mol. The van der Waals surface area contributed by atoms with Gasteiger partial charge in [0.2, 0.25) is 5.91 Å². The van der Waals surface area contributed by atoms with E-state index in [0.29, 0.717) is 19.8 Å². The van der Waals surface area contributed by atoms with Crippen molar-refractivity contribution in [2.24, 2.45) is 7.05 Å². The molecule has 112 valence electrons. The van der Waals surface area contributed by atoms with Crippen molar-refractivity contribution in [2.45, 2.75) is 19.0 Å². The lowest BCUT2D eigenvalue weighted by Crippen LogP contribution is -2.51. The van der Waals surface area contributed by atoms with Crippen molar-refractivity contribution in [1.82, 2.24) is 20.2 Å². The van der Waals surface area contributed by atoms with Crippen molar-refractivity contribution < 1.29 is 9.53 Å². The normalized spacial score (nSPS) is 20.4. The third-order valence-corrected chi connectivity index (χ3v) is 3.81. The van der Waals surface area contributed by atoms with Crippen LogP contribution in [0.15, 0.2) is 24.3 Å². The molecule has 2 atom stereocenters. The van der Waals surface area contributed by atoms with E-state index in [0.717, 1.165) is 16.9 Å². The summed E-state index contributed by atoms with van der Waals surface area (Å²) in [7, 11) is 1.97.